The van der Waals surface area contributed by atoms with Crippen LogP contribution in [0.15, 0.2) is 0 Å². The lowest BCUT2D eigenvalue weighted by molar-refractivity contribution is -0.793. The summed E-state index contributed by atoms with van der Waals surface area (Å²) in [6.07, 6.45) is 3.53. The highest BCUT2D eigenvalue weighted by molar-refractivity contribution is 5.84. The molecule has 96 valence electrons. The molecule has 2 rings (SSSR count). The fourth-order valence-electron chi connectivity index (χ4n) is 3.12. The Kier molecular flexibility index (Phi) is 3.49. The molecule has 0 aromatic rings. The summed E-state index contributed by atoms with van der Waals surface area (Å²) in [7, 11) is 0. The van der Waals surface area contributed by atoms with Gasteiger partial charge in [0, 0.05) is 12.8 Å². The van der Waals surface area contributed by atoms with Crippen molar-refractivity contribution < 1.29 is 19.2 Å². The van der Waals surface area contributed by atoms with Crippen LogP contribution in [0.3, 0.4) is 0 Å². The van der Waals surface area contributed by atoms with E-state index in [1.165, 1.54) is 0 Å². The van der Waals surface area contributed by atoms with Crippen LogP contribution in [0.25, 0.3) is 0 Å². The van der Waals surface area contributed by atoms with Gasteiger partial charge in [-0.25, -0.2) is 4.79 Å². The largest absolute Gasteiger partial charge is 0.521 e. The van der Waals surface area contributed by atoms with E-state index < -0.39 is 6.09 Å². The molecule has 5 heteroatoms. The van der Waals surface area contributed by atoms with Gasteiger partial charge in [0.25, 0.3) is 0 Å². The van der Waals surface area contributed by atoms with Crippen LogP contribution < -0.4 is 5.32 Å². The highest BCUT2D eigenvalue weighted by Gasteiger charge is 2.55. The minimum absolute atomic E-state index is 0.0938. The van der Waals surface area contributed by atoms with Crippen molar-refractivity contribution in [3.63, 3.8) is 0 Å². The van der Waals surface area contributed by atoms with E-state index in [2.05, 4.69) is 5.32 Å². The zero-order valence-electron chi connectivity index (χ0n) is 10.3. The lowest BCUT2D eigenvalue weighted by Gasteiger charge is -2.34. The van der Waals surface area contributed by atoms with Gasteiger partial charge in [0.2, 0.25) is 0 Å². The fraction of sp³-hybridized carbons (Fsp3) is 0.833. The molecule has 17 heavy (non-hydrogen) atoms. The van der Waals surface area contributed by atoms with Crippen LogP contribution in [0.1, 0.15) is 39.0 Å². The molecule has 0 radical (unpaired) electrons. The summed E-state index contributed by atoms with van der Waals surface area (Å²) in [5.41, 5.74) is 0. The zero-order valence-corrected chi connectivity index (χ0v) is 10.3. The number of nitrogens with zero attached hydrogens (tertiary/aromatic N) is 1. The first-order valence-corrected chi connectivity index (χ1v) is 6.48. The van der Waals surface area contributed by atoms with E-state index >= 15 is 0 Å². The Morgan fingerprint density at radius 2 is 2.00 bits per heavy atom. The molecule has 2 heterocycles. The second kappa shape index (κ2) is 4.74. The first-order chi connectivity index (χ1) is 8.09. The molecule has 0 saturated carbocycles. The topological polar surface area (TPSA) is 66.4 Å². The van der Waals surface area contributed by atoms with Crippen molar-refractivity contribution in [1.29, 1.82) is 0 Å². The number of quaternary nitrogens is 1. The average molecular weight is 241 g/mol. The highest BCUT2D eigenvalue weighted by atomic mass is 16.4. The molecule has 2 unspecified atom stereocenters. The van der Waals surface area contributed by atoms with Crippen LogP contribution in [-0.4, -0.2) is 46.8 Å². The molecule has 2 amide bonds. The third kappa shape index (κ3) is 1.98. The van der Waals surface area contributed by atoms with Gasteiger partial charge in [-0.3, -0.25) is 0 Å². The number of nitrogens with one attached hydrogen (secondary N) is 1. The number of carbonyl (C=O) groups is 2. The normalized spacial score (nSPS) is 37.9. The molecule has 2 aliphatic rings. The Morgan fingerprint density at radius 1 is 1.24 bits per heavy atom. The van der Waals surface area contributed by atoms with Gasteiger partial charge in [-0.05, 0) is 32.7 Å². The van der Waals surface area contributed by atoms with E-state index in [1.807, 2.05) is 6.92 Å². The fourth-order valence-corrected chi connectivity index (χ4v) is 3.12. The monoisotopic (exact) mass is 241 g/mol. The lowest BCUT2D eigenvalue weighted by Crippen LogP contribution is -2.64. The maximum absolute atomic E-state index is 12.5. The Bertz CT molecular complexity index is 326. The number of rotatable bonds is 1. The molecule has 0 bridgehead atoms. The molecular formula is C12H21N2O3+. The third-order valence-electron chi connectivity index (χ3n) is 4.23. The summed E-state index contributed by atoms with van der Waals surface area (Å²) < 4.78 is -0.363. The molecular weight excluding hydrogens is 220 g/mol. The van der Waals surface area contributed by atoms with E-state index in [9.17, 15) is 14.7 Å². The molecule has 3 atom stereocenters. The summed E-state index contributed by atoms with van der Waals surface area (Å²) in [5, 5.41) is 12.6. The molecule has 5 nitrogen and oxygen atoms in total. The number of hydrogen-bond donors (Lipinski definition) is 2. The van der Waals surface area contributed by atoms with Gasteiger partial charge in [-0.15, -0.1) is 0 Å². The predicted molar refractivity (Wildman–Crippen MR) is 62.5 cm³/mol. The molecule has 0 aliphatic carbocycles. The Morgan fingerprint density at radius 3 is 2.47 bits per heavy atom. The molecule has 2 saturated heterocycles. The summed E-state index contributed by atoms with van der Waals surface area (Å²) in [5.74, 6) is -0.137. The minimum Gasteiger partial charge on any atom is -0.435 e. The molecule has 0 aromatic heterocycles. The molecule has 2 N–H and O–H groups in total. The predicted octanol–water partition coefficient (Wildman–Crippen LogP) is 1.33. The van der Waals surface area contributed by atoms with Crippen LogP contribution >= 0.6 is 0 Å². The van der Waals surface area contributed by atoms with E-state index in [-0.39, 0.29) is 22.5 Å². The van der Waals surface area contributed by atoms with Crippen LogP contribution in [0.2, 0.25) is 0 Å². The van der Waals surface area contributed by atoms with Crippen molar-refractivity contribution in [2.75, 3.05) is 13.1 Å². The van der Waals surface area contributed by atoms with Crippen LogP contribution in [0, 0.1) is 0 Å². The molecule has 2 fully saturated rings. The van der Waals surface area contributed by atoms with Crippen molar-refractivity contribution in [3.8, 4) is 0 Å². The summed E-state index contributed by atoms with van der Waals surface area (Å²) >= 11 is 0. The zero-order chi connectivity index (χ0) is 12.5. The minimum atomic E-state index is -0.979. The quantitative estimate of drug-likeness (QED) is 0.680. The second-order valence-electron chi connectivity index (χ2n) is 5.21. The Balaban J connectivity index is 2.21. The Labute approximate surface area is 101 Å². The smallest absolute Gasteiger partial charge is 0.435 e. The number of imide groups is 1. The van der Waals surface area contributed by atoms with Crippen molar-refractivity contribution >= 4 is 12.0 Å². The Hall–Kier alpha value is -0.940. The number of hydrogen-bond acceptors (Lipinski definition) is 3. The number of carboxylic acid groups (broad SMARTS) is 1. The maximum atomic E-state index is 12.5. The van der Waals surface area contributed by atoms with Gasteiger partial charge >= 0.3 is 12.0 Å². The van der Waals surface area contributed by atoms with E-state index in [0.29, 0.717) is 6.54 Å². The van der Waals surface area contributed by atoms with E-state index in [1.54, 1.807) is 0 Å². The highest BCUT2D eigenvalue weighted by Crippen LogP contribution is 2.30. The number of carbonyl (C=O) groups excluding carboxylic acids is 1. The van der Waals surface area contributed by atoms with Crippen molar-refractivity contribution in [2.45, 2.75) is 51.1 Å². The van der Waals surface area contributed by atoms with Gasteiger partial charge in [-0.1, -0.05) is 0 Å². The number of amides is 2. The first kappa shape index (κ1) is 12.5. The van der Waals surface area contributed by atoms with Crippen molar-refractivity contribution in [3.05, 3.63) is 0 Å². The standard InChI is InChI=1S/C12H20N2O3/c1-9-5-4-8-14(9,12(16)17)11(15)10-6-2-3-7-13-10/h9-10,13H,2-8H2,1H3/p+1/t9-,10?,14?/m1/s1. The van der Waals surface area contributed by atoms with Crippen molar-refractivity contribution in [1.82, 2.24) is 5.32 Å². The van der Waals surface area contributed by atoms with Crippen LogP contribution in [-0.2, 0) is 4.79 Å². The molecule has 2 aliphatic heterocycles. The summed E-state index contributed by atoms with van der Waals surface area (Å²) in [6, 6.07) is -0.357. The lowest BCUT2D eigenvalue weighted by atomic mass is 10.0. The SMILES string of the molecule is C[C@@H]1CCC[N+]1(C(=O)O)C(=O)C1CCCCN1. The van der Waals surface area contributed by atoms with Gasteiger partial charge in [0.15, 0.2) is 0 Å². The third-order valence-corrected chi connectivity index (χ3v) is 4.23. The van der Waals surface area contributed by atoms with Gasteiger partial charge < -0.3 is 10.4 Å². The number of likely N-dealkylation sites (tertiary alicyclic amines) is 1. The molecule has 0 spiro atoms. The summed E-state index contributed by atoms with van der Waals surface area (Å²) in [6.45, 7) is 3.15. The van der Waals surface area contributed by atoms with Gasteiger partial charge in [-0.2, -0.15) is 9.28 Å². The van der Waals surface area contributed by atoms with E-state index in [0.717, 1.165) is 38.6 Å². The summed E-state index contributed by atoms with van der Waals surface area (Å²) in [4.78, 5) is 24.0. The van der Waals surface area contributed by atoms with Gasteiger partial charge in [0.05, 0.1) is 6.54 Å². The maximum Gasteiger partial charge on any atom is 0.521 e. The molecule has 0 aromatic carbocycles. The van der Waals surface area contributed by atoms with Gasteiger partial charge in [0.1, 0.15) is 12.1 Å². The van der Waals surface area contributed by atoms with E-state index in [4.69, 9.17) is 0 Å². The van der Waals surface area contributed by atoms with Crippen LogP contribution in [0.5, 0.6) is 0 Å². The number of piperidine rings is 1. The second-order valence-corrected chi connectivity index (χ2v) is 5.21. The average Bonchev–Trinajstić information content (AvgIpc) is 2.72. The van der Waals surface area contributed by atoms with Crippen LogP contribution in [0.4, 0.5) is 4.79 Å². The van der Waals surface area contributed by atoms with Crippen molar-refractivity contribution in [2.24, 2.45) is 0 Å². The first-order valence-electron chi connectivity index (χ1n) is 6.48.